The van der Waals surface area contributed by atoms with E-state index in [-0.39, 0.29) is 30.6 Å². The highest BCUT2D eigenvalue weighted by Gasteiger charge is 2.30. The second kappa shape index (κ2) is 10.9. The number of ether oxygens (including phenoxy) is 1. The third-order valence-corrected chi connectivity index (χ3v) is 7.78. The maximum Gasteiger partial charge on any atom is 0.260 e. The van der Waals surface area contributed by atoms with Crippen LogP contribution < -0.4 is 9.80 Å². The number of rotatable bonds is 8. The van der Waals surface area contributed by atoms with Crippen molar-refractivity contribution >= 4 is 50.1 Å². The molecule has 2 fully saturated rings. The number of hydrogen-bond donors (Lipinski definition) is 0. The van der Waals surface area contributed by atoms with Gasteiger partial charge in [-0.25, -0.2) is 4.98 Å². The minimum Gasteiger partial charge on any atom is -0.379 e. The van der Waals surface area contributed by atoms with Gasteiger partial charge in [0.15, 0.2) is 5.13 Å². The Balaban J connectivity index is 1.40. The highest BCUT2D eigenvalue weighted by atomic mass is 32.1. The van der Waals surface area contributed by atoms with Gasteiger partial charge >= 0.3 is 0 Å². The predicted octanol–water partition coefficient (Wildman–Crippen LogP) is 3.88. The molecule has 3 amide bonds. The fourth-order valence-corrected chi connectivity index (χ4v) is 5.77. The van der Waals surface area contributed by atoms with E-state index in [9.17, 15) is 14.4 Å². The van der Waals surface area contributed by atoms with E-state index in [0.29, 0.717) is 22.9 Å². The number of amides is 3. The molecule has 2 aromatic carbocycles. The molecule has 3 aromatic rings. The first-order valence-electron chi connectivity index (χ1n) is 12.5. The third kappa shape index (κ3) is 5.04. The number of carbonyl (C=O) groups is 3. The lowest BCUT2D eigenvalue weighted by Gasteiger charge is -2.27. The highest BCUT2D eigenvalue weighted by molar-refractivity contribution is 7.22. The fourth-order valence-electron chi connectivity index (χ4n) is 4.73. The molecule has 0 saturated carbocycles. The number of carbonyl (C=O) groups excluding carboxylic acids is 3. The maximum absolute atomic E-state index is 13.7. The molecule has 3 heterocycles. The van der Waals surface area contributed by atoms with E-state index in [1.807, 2.05) is 12.1 Å². The molecule has 0 spiro atoms. The Kier molecular flexibility index (Phi) is 7.41. The highest BCUT2D eigenvalue weighted by Crippen LogP contribution is 2.32. The predicted molar refractivity (Wildman–Crippen MR) is 141 cm³/mol. The monoisotopic (exact) mass is 506 g/mol. The summed E-state index contributed by atoms with van der Waals surface area (Å²) in [6.45, 7) is 6.84. The summed E-state index contributed by atoms with van der Waals surface area (Å²) in [4.78, 5) is 48.1. The second-order valence-electron chi connectivity index (χ2n) is 9.05. The van der Waals surface area contributed by atoms with Gasteiger partial charge in [-0.15, -0.1) is 0 Å². The molecular weight excluding hydrogens is 476 g/mol. The molecule has 2 aliphatic rings. The molecule has 0 aliphatic carbocycles. The van der Waals surface area contributed by atoms with E-state index in [2.05, 4.69) is 17.9 Å². The number of thiazole rings is 1. The molecule has 0 radical (unpaired) electrons. The summed E-state index contributed by atoms with van der Waals surface area (Å²) in [6.07, 6.45) is 2.15. The minimum atomic E-state index is -0.204. The van der Waals surface area contributed by atoms with E-state index < -0.39 is 0 Å². The van der Waals surface area contributed by atoms with Crippen molar-refractivity contribution in [3.05, 3.63) is 53.6 Å². The zero-order valence-corrected chi connectivity index (χ0v) is 21.3. The molecule has 0 N–H and O–H groups in total. The van der Waals surface area contributed by atoms with Gasteiger partial charge in [-0.3, -0.25) is 29.1 Å². The Bertz CT molecular complexity index is 1250. The van der Waals surface area contributed by atoms with Crippen LogP contribution in [0.1, 0.15) is 42.1 Å². The van der Waals surface area contributed by atoms with Crippen LogP contribution in [0.5, 0.6) is 0 Å². The van der Waals surface area contributed by atoms with Crippen LogP contribution in [0.2, 0.25) is 0 Å². The molecular formula is C27H30N4O4S. The molecule has 0 bridgehead atoms. The van der Waals surface area contributed by atoms with Crippen molar-refractivity contribution < 1.29 is 19.1 Å². The Morgan fingerprint density at radius 1 is 1.06 bits per heavy atom. The fraction of sp³-hybridized carbons (Fsp3) is 0.407. The molecule has 5 rings (SSSR count). The van der Waals surface area contributed by atoms with Crippen molar-refractivity contribution in [3.63, 3.8) is 0 Å². The summed E-state index contributed by atoms with van der Waals surface area (Å²) in [6, 6.07) is 12.9. The van der Waals surface area contributed by atoms with Crippen LogP contribution in [-0.4, -0.2) is 67.0 Å². The van der Waals surface area contributed by atoms with Gasteiger partial charge in [-0.1, -0.05) is 30.4 Å². The summed E-state index contributed by atoms with van der Waals surface area (Å²) in [5.41, 5.74) is 3.12. The van der Waals surface area contributed by atoms with Gasteiger partial charge in [0.05, 0.1) is 29.1 Å². The molecule has 2 aliphatic heterocycles. The number of aryl methyl sites for hydroxylation is 1. The Hall–Kier alpha value is -3.14. The number of anilines is 2. The lowest BCUT2D eigenvalue weighted by Crippen LogP contribution is -2.39. The number of aromatic nitrogens is 1. The standard InChI is InChI=1S/C27H30N4O4S/c1-2-19-5-3-6-22-25(19)28-27(36-22)30(14-4-13-29-15-17-35-18-16-29)26(34)20-7-9-21(10-8-20)31-23(32)11-12-24(31)33/h3,5-10H,2,4,11-18H2,1H3. The van der Waals surface area contributed by atoms with Crippen molar-refractivity contribution in [2.24, 2.45) is 0 Å². The van der Waals surface area contributed by atoms with Gasteiger partial charge in [0.1, 0.15) is 0 Å². The number of imide groups is 1. The average Bonchev–Trinajstić information content (AvgIpc) is 3.49. The molecule has 9 heteroatoms. The zero-order chi connectivity index (χ0) is 25.1. The van der Waals surface area contributed by atoms with Crippen LogP contribution in [0.25, 0.3) is 10.2 Å². The van der Waals surface area contributed by atoms with Crippen molar-refractivity contribution in [2.45, 2.75) is 32.6 Å². The zero-order valence-electron chi connectivity index (χ0n) is 20.4. The van der Waals surface area contributed by atoms with Crippen LogP contribution in [0.3, 0.4) is 0 Å². The number of fused-ring (bicyclic) bond motifs is 1. The van der Waals surface area contributed by atoms with Gasteiger partial charge in [-0.05, 0) is 48.7 Å². The summed E-state index contributed by atoms with van der Waals surface area (Å²) in [5.74, 6) is -0.547. The Morgan fingerprint density at radius 2 is 1.78 bits per heavy atom. The van der Waals surface area contributed by atoms with Gasteiger partial charge < -0.3 is 4.74 Å². The van der Waals surface area contributed by atoms with Crippen molar-refractivity contribution in [1.82, 2.24) is 9.88 Å². The molecule has 188 valence electrons. The van der Waals surface area contributed by atoms with Gasteiger partial charge in [0.2, 0.25) is 11.8 Å². The Labute approximate surface area is 214 Å². The van der Waals surface area contributed by atoms with Crippen molar-refractivity contribution in [2.75, 3.05) is 49.2 Å². The van der Waals surface area contributed by atoms with Crippen LogP contribution in [-0.2, 0) is 20.7 Å². The van der Waals surface area contributed by atoms with E-state index in [0.717, 1.165) is 55.9 Å². The van der Waals surface area contributed by atoms with E-state index >= 15 is 0 Å². The van der Waals surface area contributed by atoms with Crippen LogP contribution in [0.4, 0.5) is 10.8 Å². The molecule has 0 unspecified atom stereocenters. The number of benzene rings is 2. The van der Waals surface area contributed by atoms with E-state index in [4.69, 9.17) is 9.72 Å². The summed E-state index contributed by atoms with van der Waals surface area (Å²) < 4.78 is 6.51. The second-order valence-corrected chi connectivity index (χ2v) is 10.1. The first-order chi connectivity index (χ1) is 17.5. The molecule has 8 nitrogen and oxygen atoms in total. The largest absolute Gasteiger partial charge is 0.379 e. The lowest BCUT2D eigenvalue weighted by atomic mass is 10.1. The SMILES string of the molecule is CCc1cccc2sc(N(CCCN3CCOCC3)C(=O)c3ccc(N4C(=O)CCC4=O)cc3)nc12. The van der Waals surface area contributed by atoms with Gasteiger partial charge in [0, 0.05) is 44.6 Å². The number of hydrogen-bond acceptors (Lipinski definition) is 7. The average molecular weight is 507 g/mol. The summed E-state index contributed by atoms with van der Waals surface area (Å²) >= 11 is 1.53. The lowest BCUT2D eigenvalue weighted by molar-refractivity contribution is -0.121. The molecule has 1 aromatic heterocycles. The van der Waals surface area contributed by atoms with Crippen LogP contribution >= 0.6 is 11.3 Å². The Morgan fingerprint density at radius 3 is 2.47 bits per heavy atom. The minimum absolute atomic E-state index is 0.139. The molecule has 36 heavy (non-hydrogen) atoms. The van der Waals surface area contributed by atoms with Crippen molar-refractivity contribution in [3.8, 4) is 0 Å². The van der Waals surface area contributed by atoms with Crippen LogP contribution in [0, 0.1) is 0 Å². The first-order valence-corrected chi connectivity index (χ1v) is 13.3. The van der Waals surface area contributed by atoms with E-state index in [1.165, 1.54) is 21.8 Å². The van der Waals surface area contributed by atoms with Crippen LogP contribution in [0.15, 0.2) is 42.5 Å². The molecule has 2 saturated heterocycles. The first kappa shape index (κ1) is 24.5. The third-order valence-electron chi connectivity index (χ3n) is 6.73. The number of morpholine rings is 1. The quantitative estimate of drug-likeness (QED) is 0.431. The summed E-state index contributed by atoms with van der Waals surface area (Å²) in [5, 5.41) is 0.687. The maximum atomic E-state index is 13.7. The normalized spacial score (nSPS) is 16.8. The number of para-hydroxylation sites is 1. The van der Waals surface area contributed by atoms with Gasteiger partial charge in [-0.2, -0.15) is 0 Å². The van der Waals surface area contributed by atoms with Crippen molar-refractivity contribution in [1.29, 1.82) is 0 Å². The summed E-state index contributed by atoms with van der Waals surface area (Å²) in [7, 11) is 0. The molecule has 0 atom stereocenters. The smallest absolute Gasteiger partial charge is 0.260 e. The van der Waals surface area contributed by atoms with Gasteiger partial charge in [0.25, 0.3) is 5.91 Å². The van der Waals surface area contributed by atoms with E-state index in [1.54, 1.807) is 29.2 Å². The number of nitrogens with zero attached hydrogens (tertiary/aromatic N) is 4. The topological polar surface area (TPSA) is 83.0 Å².